The molecule has 3 rings (SSSR count). The molecular weight excluding hydrogens is 354 g/mol. The molecule has 0 aliphatic rings. The van der Waals surface area contributed by atoms with E-state index in [1.807, 2.05) is 26.0 Å². The van der Waals surface area contributed by atoms with Crippen LogP contribution in [0.3, 0.4) is 0 Å². The number of nitrogens with one attached hydrogen (secondary N) is 1. The zero-order chi connectivity index (χ0) is 18.7. The second-order valence-electron chi connectivity index (χ2n) is 6.04. The summed E-state index contributed by atoms with van der Waals surface area (Å²) >= 11 is 5.97. The summed E-state index contributed by atoms with van der Waals surface area (Å²) in [5.41, 5.74) is 1.75. The summed E-state index contributed by atoms with van der Waals surface area (Å²) < 4.78 is 10.7. The predicted octanol–water partition coefficient (Wildman–Crippen LogP) is 4.01. The van der Waals surface area contributed by atoms with Gasteiger partial charge >= 0.3 is 5.63 Å². The van der Waals surface area contributed by atoms with Gasteiger partial charge in [0.25, 0.3) is 5.91 Å². The lowest BCUT2D eigenvalue weighted by Crippen LogP contribution is -2.31. The van der Waals surface area contributed by atoms with Crippen LogP contribution in [0, 0.1) is 6.92 Å². The molecule has 6 heteroatoms. The maximum Gasteiger partial charge on any atom is 0.336 e. The fourth-order valence-electron chi connectivity index (χ4n) is 2.69. The molecule has 0 unspecified atom stereocenters. The average Bonchev–Trinajstić information content (AvgIpc) is 2.59. The lowest BCUT2D eigenvalue weighted by molar-refractivity contribution is -0.123. The van der Waals surface area contributed by atoms with E-state index in [0.717, 1.165) is 16.5 Å². The number of carbonyl (C=O) groups excluding carboxylic acids is 1. The van der Waals surface area contributed by atoms with Gasteiger partial charge in [-0.05, 0) is 49.2 Å². The smallest absolute Gasteiger partial charge is 0.336 e. The van der Waals surface area contributed by atoms with Crippen LogP contribution in [0.5, 0.6) is 5.75 Å². The van der Waals surface area contributed by atoms with Gasteiger partial charge < -0.3 is 14.5 Å². The largest absolute Gasteiger partial charge is 0.484 e. The van der Waals surface area contributed by atoms with Crippen molar-refractivity contribution >= 4 is 28.5 Å². The van der Waals surface area contributed by atoms with E-state index in [1.54, 1.807) is 30.3 Å². The van der Waals surface area contributed by atoms with E-state index in [9.17, 15) is 9.59 Å². The molecule has 1 aromatic heterocycles. The molecule has 0 aliphatic heterocycles. The maximum atomic E-state index is 12.1. The zero-order valence-electron chi connectivity index (χ0n) is 14.4. The Morgan fingerprint density at radius 3 is 2.81 bits per heavy atom. The molecule has 0 fully saturated rings. The predicted molar refractivity (Wildman–Crippen MR) is 101 cm³/mol. The van der Waals surface area contributed by atoms with Crippen LogP contribution < -0.4 is 15.7 Å². The minimum absolute atomic E-state index is 0.146. The number of benzene rings is 2. The van der Waals surface area contributed by atoms with E-state index in [2.05, 4.69) is 5.32 Å². The molecule has 0 spiro atoms. The normalized spacial score (nSPS) is 12.0. The first-order valence-corrected chi connectivity index (χ1v) is 8.52. The van der Waals surface area contributed by atoms with Crippen LogP contribution in [-0.4, -0.2) is 12.5 Å². The Balaban J connectivity index is 1.64. The quantitative estimate of drug-likeness (QED) is 0.688. The van der Waals surface area contributed by atoms with Gasteiger partial charge in [0.2, 0.25) is 0 Å². The molecule has 1 N–H and O–H groups in total. The second-order valence-corrected chi connectivity index (χ2v) is 6.48. The van der Waals surface area contributed by atoms with Gasteiger partial charge in [-0.2, -0.15) is 0 Å². The summed E-state index contributed by atoms with van der Waals surface area (Å²) in [7, 11) is 0. The van der Waals surface area contributed by atoms with Crippen molar-refractivity contribution in [2.75, 3.05) is 6.61 Å². The zero-order valence-corrected chi connectivity index (χ0v) is 15.2. The molecule has 3 aromatic rings. The number of carbonyl (C=O) groups is 1. The van der Waals surface area contributed by atoms with Crippen molar-refractivity contribution in [3.05, 3.63) is 75.1 Å². The van der Waals surface area contributed by atoms with Crippen LogP contribution in [0.4, 0.5) is 0 Å². The van der Waals surface area contributed by atoms with Gasteiger partial charge in [0.05, 0.1) is 6.04 Å². The molecule has 0 saturated carbocycles. The van der Waals surface area contributed by atoms with Gasteiger partial charge in [-0.3, -0.25) is 4.79 Å². The van der Waals surface area contributed by atoms with Gasteiger partial charge in [-0.15, -0.1) is 0 Å². The Labute approximate surface area is 155 Å². The molecule has 134 valence electrons. The summed E-state index contributed by atoms with van der Waals surface area (Å²) in [5, 5.41) is 4.30. The van der Waals surface area contributed by atoms with Crippen molar-refractivity contribution in [3.8, 4) is 5.75 Å². The topological polar surface area (TPSA) is 68.5 Å². The van der Waals surface area contributed by atoms with Crippen molar-refractivity contribution in [2.24, 2.45) is 0 Å². The molecule has 26 heavy (non-hydrogen) atoms. The number of hydrogen-bond acceptors (Lipinski definition) is 4. The van der Waals surface area contributed by atoms with Crippen LogP contribution in [0.1, 0.15) is 24.1 Å². The van der Waals surface area contributed by atoms with E-state index in [0.29, 0.717) is 16.4 Å². The maximum absolute atomic E-state index is 12.1. The molecule has 0 bridgehead atoms. The van der Waals surface area contributed by atoms with Crippen molar-refractivity contribution in [2.45, 2.75) is 19.9 Å². The van der Waals surface area contributed by atoms with Crippen LogP contribution in [0.15, 0.2) is 57.7 Å². The number of halogens is 1. The molecule has 1 heterocycles. The van der Waals surface area contributed by atoms with Crippen LogP contribution in [0.2, 0.25) is 5.02 Å². The van der Waals surface area contributed by atoms with Crippen LogP contribution in [-0.2, 0) is 4.79 Å². The fourth-order valence-corrected chi connectivity index (χ4v) is 2.89. The second kappa shape index (κ2) is 7.62. The molecule has 0 saturated heterocycles. The van der Waals surface area contributed by atoms with Gasteiger partial charge in [-0.1, -0.05) is 23.7 Å². The minimum atomic E-state index is -0.416. The van der Waals surface area contributed by atoms with Crippen molar-refractivity contribution in [1.29, 1.82) is 0 Å². The summed E-state index contributed by atoms with van der Waals surface area (Å²) in [6.45, 7) is 3.56. The molecule has 1 amide bonds. The van der Waals surface area contributed by atoms with Crippen molar-refractivity contribution in [1.82, 2.24) is 5.32 Å². The first-order valence-electron chi connectivity index (χ1n) is 8.14. The van der Waals surface area contributed by atoms with Gasteiger partial charge in [0.15, 0.2) is 6.61 Å². The number of rotatable bonds is 5. The average molecular weight is 372 g/mol. The Kier molecular flexibility index (Phi) is 5.28. The summed E-state index contributed by atoms with van der Waals surface area (Å²) in [6.07, 6.45) is 0. The van der Waals surface area contributed by atoms with E-state index in [-0.39, 0.29) is 18.6 Å². The summed E-state index contributed by atoms with van der Waals surface area (Å²) in [5.74, 6) is 0.195. The number of fused-ring (bicyclic) bond motifs is 1. The molecule has 5 nitrogen and oxygen atoms in total. The monoisotopic (exact) mass is 371 g/mol. The molecule has 2 aromatic carbocycles. The highest BCUT2D eigenvalue weighted by Crippen LogP contribution is 2.22. The van der Waals surface area contributed by atoms with Crippen molar-refractivity contribution in [3.63, 3.8) is 0 Å². The highest BCUT2D eigenvalue weighted by atomic mass is 35.5. The lowest BCUT2D eigenvalue weighted by Gasteiger charge is -2.15. The highest BCUT2D eigenvalue weighted by Gasteiger charge is 2.11. The van der Waals surface area contributed by atoms with E-state index >= 15 is 0 Å². The van der Waals surface area contributed by atoms with Crippen LogP contribution >= 0.6 is 11.6 Å². The Bertz CT molecular complexity index is 1010. The Morgan fingerprint density at radius 2 is 2.04 bits per heavy atom. The summed E-state index contributed by atoms with van der Waals surface area (Å²) in [6, 6.07) is 13.7. The van der Waals surface area contributed by atoms with Gasteiger partial charge in [-0.25, -0.2) is 4.79 Å². The van der Waals surface area contributed by atoms with E-state index in [4.69, 9.17) is 20.8 Å². The van der Waals surface area contributed by atoms with E-state index in [1.165, 1.54) is 6.07 Å². The van der Waals surface area contributed by atoms with Crippen molar-refractivity contribution < 1.29 is 13.9 Å². The SMILES string of the molecule is Cc1cc(=O)oc2cc(OCC(=O)N[C@@H](C)c3cccc(Cl)c3)ccc12. The van der Waals surface area contributed by atoms with Crippen LogP contribution in [0.25, 0.3) is 11.0 Å². The Hall–Kier alpha value is -2.79. The lowest BCUT2D eigenvalue weighted by atomic mass is 10.1. The summed E-state index contributed by atoms with van der Waals surface area (Å²) in [4.78, 5) is 23.6. The first kappa shape index (κ1) is 18.0. The third kappa shape index (κ3) is 4.24. The first-order chi connectivity index (χ1) is 12.4. The fraction of sp³-hybridized carbons (Fsp3) is 0.200. The van der Waals surface area contributed by atoms with E-state index < -0.39 is 5.63 Å². The minimum Gasteiger partial charge on any atom is -0.484 e. The molecular formula is C20H18ClNO4. The third-order valence-corrected chi connectivity index (χ3v) is 4.25. The molecule has 1 atom stereocenters. The highest BCUT2D eigenvalue weighted by molar-refractivity contribution is 6.30. The Morgan fingerprint density at radius 1 is 1.23 bits per heavy atom. The standard InChI is InChI=1S/C20H18ClNO4/c1-12-8-20(24)26-18-10-16(6-7-17(12)18)25-11-19(23)22-13(2)14-4-3-5-15(21)9-14/h3-10,13H,11H2,1-2H3,(H,22,23)/t13-/m0/s1. The number of aryl methyl sites for hydroxylation is 1. The third-order valence-electron chi connectivity index (χ3n) is 4.02. The molecule has 0 aliphatic carbocycles. The number of hydrogen-bond donors (Lipinski definition) is 1. The number of ether oxygens (including phenoxy) is 1. The van der Waals surface area contributed by atoms with Gasteiger partial charge in [0.1, 0.15) is 11.3 Å². The van der Waals surface area contributed by atoms with Gasteiger partial charge in [0, 0.05) is 22.5 Å². The molecule has 0 radical (unpaired) electrons. The number of amides is 1.